The van der Waals surface area contributed by atoms with Crippen LogP contribution >= 0.6 is 0 Å². The van der Waals surface area contributed by atoms with Gasteiger partial charge >= 0.3 is 7.12 Å². The van der Waals surface area contributed by atoms with Crippen LogP contribution in [0.15, 0.2) is 23.4 Å². The van der Waals surface area contributed by atoms with E-state index in [4.69, 9.17) is 34.8 Å². The van der Waals surface area contributed by atoms with Gasteiger partial charge in [0.1, 0.15) is 0 Å². The molecule has 0 aromatic rings. The fourth-order valence-corrected chi connectivity index (χ4v) is 11.3. The van der Waals surface area contributed by atoms with E-state index >= 15 is 4.79 Å². The molecular weight excluding hydrogens is 633 g/mol. The summed E-state index contributed by atoms with van der Waals surface area (Å²) in [4.78, 5) is 32.2. The Kier molecular flexibility index (Phi) is 11.7. The van der Waals surface area contributed by atoms with E-state index in [1.165, 1.54) is 0 Å². The van der Waals surface area contributed by atoms with Crippen molar-refractivity contribution >= 4 is 18.7 Å². The predicted octanol–water partition coefficient (Wildman–Crippen LogP) is 7.16. The van der Waals surface area contributed by atoms with Gasteiger partial charge in [-0.1, -0.05) is 60.1 Å². The van der Waals surface area contributed by atoms with E-state index in [2.05, 4.69) is 39.5 Å². The first kappa shape index (κ1) is 39.3. The molecule has 10 heteroatoms. The molecule has 0 aliphatic heterocycles. The molecular formula is C40H62BNO8. The van der Waals surface area contributed by atoms with Crippen LogP contribution in [0.5, 0.6) is 0 Å². The largest absolute Gasteiger partial charge is 0.464 e. The minimum absolute atomic E-state index is 0.0277. The van der Waals surface area contributed by atoms with Crippen molar-refractivity contribution in [2.24, 2.45) is 44.8 Å². The molecule has 0 aromatic carbocycles. The molecule has 0 unspecified atom stereocenters. The second-order valence-electron chi connectivity index (χ2n) is 17.7. The predicted molar refractivity (Wildman–Crippen MR) is 193 cm³/mol. The molecule has 50 heavy (non-hydrogen) atoms. The van der Waals surface area contributed by atoms with E-state index in [0.29, 0.717) is 52.9 Å². The first-order valence-electron chi connectivity index (χ1n) is 18.9. The number of carbonyl (C=O) groups is 2. The molecule has 0 N–H and O–H groups in total. The monoisotopic (exact) mass is 695 g/mol. The van der Waals surface area contributed by atoms with Crippen molar-refractivity contribution in [3.8, 4) is 0 Å². The molecule has 3 fully saturated rings. The Balaban J connectivity index is 1.53. The Labute approximate surface area is 301 Å². The van der Waals surface area contributed by atoms with Gasteiger partial charge in [-0.25, -0.2) is 4.85 Å². The smallest absolute Gasteiger partial charge is 0.408 e. The van der Waals surface area contributed by atoms with E-state index in [-0.39, 0.29) is 56.6 Å². The number of carbonyl (C=O) groups excluding carboxylic acids is 2. The number of rotatable bonds is 15. The number of nitrogens with zero attached hydrogens (tertiary/aromatic N) is 1. The van der Waals surface area contributed by atoms with E-state index in [1.54, 1.807) is 14.2 Å². The number of fused-ring (bicyclic) bond motifs is 7. The topological polar surface area (TPSA) is 93.9 Å². The van der Waals surface area contributed by atoms with Crippen LogP contribution in [0.2, 0.25) is 5.31 Å². The average Bonchev–Trinajstić information content (AvgIpc) is 3.06. The molecule has 5 aliphatic carbocycles. The van der Waals surface area contributed by atoms with Crippen LogP contribution in [-0.2, 0) is 37.8 Å². The molecule has 0 amide bonds. The van der Waals surface area contributed by atoms with Gasteiger partial charge in [0.05, 0.1) is 59.4 Å². The standard InChI is InChI=1S/C40H62BNO8/c1-35(2)13-15-40(41(49-23-21-47-19-17-45-9)50-24-22-48-20-18-46-10)16-14-39(7)33(28(40)26-35)30(43)25-32-37(5)27-29(42-8)34(44)36(3,4)31(37)11-12-38(32,39)6/h25,27-28,31,33H,11-24,26H2,1-7,9-10H3/t28-,31-,33-,37-,38+,39+,40-/m0/s1. The summed E-state index contributed by atoms with van der Waals surface area (Å²) in [5.41, 5.74) is -0.396. The fraction of sp³-hybridized carbons (Fsp3) is 0.825. The Morgan fingerprint density at radius 1 is 0.800 bits per heavy atom. The van der Waals surface area contributed by atoms with Gasteiger partial charge in [0, 0.05) is 36.3 Å². The van der Waals surface area contributed by atoms with Crippen molar-refractivity contribution in [1.82, 2.24) is 0 Å². The Morgan fingerprint density at radius 3 is 1.96 bits per heavy atom. The third-order valence-corrected chi connectivity index (χ3v) is 14.2. The Morgan fingerprint density at radius 2 is 1.38 bits per heavy atom. The molecule has 278 valence electrons. The van der Waals surface area contributed by atoms with Gasteiger partial charge in [-0.05, 0) is 79.1 Å². The number of allylic oxidation sites excluding steroid dienone is 4. The summed E-state index contributed by atoms with van der Waals surface area (Å²) in [5.74, 6) is 0.00482. The molecule has 5 rings (SSSR count). The minimum atomic E-state index is -0.677. The zero-order valence-electron chi connectivity index (χ0n) is 32.3. The van der Waals surface area contributed by atoms with Crippen molar-refractivity contribution in [1.29, 1.82) is 0 Å². The van der Waals surface area contributed by atoms with Crippen molar-refractivity contribution in [3.63, 3.8) is 0 Å². The van der Waals surface area contributed by atoms with Gasteiger partial charge in [0.25, 0.3) is 0 Å². The van der Waals surface area contributed by atoms with Crippen LogP contribution in [0, 0.1) is 51.4 Å². The van der Waals surface area contributed by atoms with Crippen LogP contribution in [0.4, 0.5) is 0 Å². The summed E-state index contributed by atoms with van der Waals surface area (Å²) in [6.45, 7) is 27.2. The number of hydrogen-bond acceptors (Lipinski definition) is 8. The highest BCUT2D eigenvalue weighted by Gasteiger charge is 2.71. The zero-order valence-corrected chi connectivity index (χ0v) is 32.3. The summed E-state index contributed by atoms with van der Waals surface area (Å²) < 4.78 is 35.2. The lowest BCUT2D eigenvalue weighted by Crippen LogP contribution is -2.65. The van der Waals surface area contributed by atoms with Crippen molar-refractivity contribution in [3.05, 3.63) is 34.8 Å². The number of Topliss-reactive ketones (excluding diaryl/α,β-unsaturated/α-hetero) is 1. The summed E-state index contributed by atoms with van der Waals surface area (Å²) in [7, 11) is 2.82. The van der Waals surface area contributed by atoms with Crippen LogP contribution in [-0.4, -0.2) is 85.8 Å². The fourth-order valence-electron chi connectivity index (χ4n) is 11.3. The second-order valence-corrected chi connectivity index (χ2v) is 17.7. The number of methoxy groups -OCH3 is 2. The first-order chi connectivity index (χ1) is 23.6. The lowest BCUT2D eigenvalue weighted by Gasteiger charge is -2.69. The summed E-state index contributed by atoms with van der Waals surface area (Å²) >= 11 is 0. The first-order valence-corrected chi connectivity index (χ1v) is 18.9. The molecule has 3 saturated carbocycles. The molecule has 0 heterocycles. The van der Waals surface area contributed by atoms with Crippen molar-refractivity contribution < 1.29 is 37.8 Å². The van der Waals surface area contributed by atoms with E-state index in [1.807, 2.05) is 26.0 Å². The van der Waals surface area contributed by atoms with E-state index in [0.717, 1.165) is 50.5 Å². The quantitative estimate of drug-likeness (QED) is 0.101. The number of ether oxygens (including phenoxy) is 4. The maximum Gasteiger partial charge on any atom is 0.464 e. The van der Waals surface area contributed by atoms with Crippen molar-refractivity contribution in [2.75, 3.05) is 67.1 Å². The molecule has 0 saturated heterocycles. The highest BCUT2D eigenvalue weighted by atomic mass is 16.6. The third kappa shape index (κ3) is 6.62. The number of hydrogen-bond donors (Lipinski definition) is 0. The van der Waals surface area contributed by atoms with Gasteiger partial charge < -0.3 is 33.1 Å². The molecule has 0 bridgehead atoms. The Hall–Kier alpha value is -1.87. The molecule has 0 spiro atoms. The summed E-state index contributed by atoms with van der Waals surface area (Å²) in [6.07, 6.45) is 10.3. The van der Waals surface area contributed by atoms with Crippen LogP contribution < -0.4 is 0 Å². The Bertz CT molecular complexity index is 1370. The lowest BCUT2D eigenvalue weighted by atomic mass is 9.30. The van der Waals surface area contributed by atoms with Gasteiger partial charge in [-0.15, -0.1) is 0 Å². The van der Waals surface area contributed by atoms with Crippen LogP contribution in [0.1, 0.15) is 93.4 Å². The lowest BCUT2D eigenvalue weighted by molar-refractivity contribution is -0.156. The normalized spacial score (nSPS) is 37.0. The third-order valence-electron chi connectivity index (χ3n) is 14.2. The SMILES string of the molecule is [C-]#[N+]C1=C[C@]2(C)C3=CC(=O)[C@@H]4[C@@H]5CC(C)(C)CC[C@]5(B(OCCOCCOC)OCCOCCOC)CC[C@@]4(C)[C@]3(C)CC[C@H]2C(C)(C)C1=O. The van der Waals surface area contributed by atoms with Crippen LogP contribution in [0.3, 0.4) is 0 Å². The summed E-state index contributed by atoms with van der Waals surface area (Å²) in [5, 5.41) is -0.340. The highest BCUT2D eigenvalue weighted by Crippen LogP contribution is 2.76. The molecule has 5 aliphatic rings. The van der Waals surface area contributed by atoms with Gasteiger partial charge in [0.15, 0.2) is 11.6 Å². The maximum absolute atomic E-state index is 15.0. The minimum Gasteiger partial charge on any atom is -0.408 e. The molecule has 9 nitrogen and oxygen atoms in total. The molecule has 7 atom stereocenters. The van der Waals surface area contributed by atoms with Gasteiger partial charge in [-0.2, -0.15) is 0 Å². The molecule has 0 aromatic heterocycles. The van der Waals surface area contributed by atoms with E-state index in [9.17, 15) is 4.79 Å². The highest BCUT2D eigenvalue weighted by molar-refractivity contribution is 6.49. The summed E-state index contributed by atoms with van der Waals surface area (Å²) in [6, 6.07) is 0. The average molecular weight is 696 g/mol. The maximum atomic E-state index is 15.0. The number of ketones is 2. The van der Waals surface area contributed by atoms with Gasteiger partial charge in [0.2, 0.25) is 5.70 Å². The van der Waals surface area contributed by atoms with Gasteiger partial charge in [-0.3, -0.25) is 4.79 Å². The molecule has 0 radical (unpaired) electrons. The zero-order chi connectivity index (χ0) is 36.6. The van der Waals surface area contributed by atoms with Crippen LogP contribution in [0.25, 0.3) is 4.85 Å². The van der Waals surface area contributed by atoms with Crippen molar-refractivity contribution in [2.45, 2.75) is 98.7 Å². The second kappa shape index (κ2) is 14.9. The van der Waals surface area contributed by atoms with E-state index < -0.39 is 17.9 Å².